The number of rotatable bonds is 6. The van der Waals surface area contributed by atoms with Crippen LogP contribution in [0.25, 0.3) is 0 Å². The number of anilines is 1. The molecule has 1 rings (SSSR count). The molecule has 1 heterocycles. The van der Waals surface area contributed by atoms with Crippen LogP contribution in [0.5, 0.6) is 0 Å². The van der Waals surface area contributed by atoms with Crippen LogP contribution in [0.2, 0.25) is 0 Å². The van der Waals surface area contributed by atoms with Crippen LogP contribution in [0, 0.1) is 0 Å². The number of nitrogens with two attached hydrogens (primary N) is 1. The fourth-order valence-electron chi connectivity index (χ4n) is 1.71. The van der Waals surface area contributed by atoms with Gasteiger partial charge < -0.3 is 15.6 Å². The lowest BCUT2D eigenvalue weighted by molar-refractivity contribution is 0.0931. The third-order valence-corrected chi connectivity index (χ3v) is 3.42. The zero-order valence-electron chi connectivity index (χ0n) is 10.7. The topological polar surface area (TPSA) is 60.1 Å². The molecule has 0 spiro atoms. The fraction of sp³-hybridized carbons (Fsp3) is 0.583. The number of carbonyl (C=O) groups is 1. The molecule has 0 saturated heterocycles. The second kappa shape index (κ2) is 6.59. The number of thioether (sulfide) groups is 1. The van der Waals surface area contributed by atoms with E-state index in [0.717, 1.165) is 18.7 Å². The van der Waals surface area contributed by atoms with Crippen molar-refractivity contribution in [2.24, 2.45) is 0 Å². The lowest BCUT2D eigenvalue weighted by atomic mass is 10.2. The van der Waals surface area contributed by atoms with E-state index in [9.17, 15) is 4.79 Å². The van der Waals surface area contributed by atoms with Crippen LogP contribution >= 0.6 is 11.8 Å². The first-order chi connectivity index (χ1) is 8.12. The van der Waals surface area contributed by atoms with Crippen LogP contribution in [0.15, 0.2) is 12.3 Å². The number of nitrogen functional groups attached to an aromatic ring is 1. The third-order valence-electron chi connectivity index (χ3n) is 2.69. The monoisotopic (exact) mass is 255 g/mol. The number of hydrogen-bond acceptors (Lipinski definition) is 3. The van der Waals surface area contributed by atoms with E-state index in [1.54, 1.807) is 24.0 Å². The molecule has 1 amide bonds. The number of nitrogens with one attached hydrogen (secondary N) is 1. The average Bonchev–Trinajstić information content (AvgIpc) is 2.69. The van der Waals surface area contributed by atoms with E-state index < -0.39 is 0 Å². The van der Waals surface area contributed by atoms with Gasteiger partial charge in [-0.15, -0.1) is 0 Å². The first-order valence-corrected chi connectivity index (χ1v) is 7.27. The predicted molar refractivity (Wildman–Crippen MR) is 74.4 cm³/mol. The standard InChI is InChI=1S/C12H21N3OS/c1-4-10(8-17-3)14-12(16)11-6-9(13)7-15(11)5-2/h6-7,10H,4-5,8,13H2,1-3H3,(H,14,16). The molecule has 3 N–H and O–H groups in total. The molecule has 0 aliphatic rings. The summed E-state index contributed by atoms with van der Waals surface area (Å²) in [5, 5.41) is 3.04. The van der Waals surface area contributed by atoms with Crippen LogP contribution in [0.3, 0.4) is 0 Å². The molecule has 1 unspecified atom stereocenters. The summed E-state index contributed by atoms with van der Waals surface area (Å²) < 4.78 is 1.87. The second-order valence-corrected chi connectivity index (χ2v) is 4.89. The summed E-state index contributed by atoms with van der Waals surface area (Å²) >= 11 is 1.74. The largest absolute Gasteiger partial charge is 0.397 e. The number of nitrogens with zero attached hydrogens (tertiary/aromatic N) is 1. The van der Waals surface area contributed by atoms with Gasteiger partial charge in [0.15, 0.2) is 0 Å². The molecule has 0 aliphatic heterocycles. The van der Waals surface area contributed by atoms with Crippen molar-refractivity contribution in [2.75, 3.05) is 17.7 Å². The van der Waals surface area contributed by atoms with Gasteiger partial charge in [0, 0.05) is 24.5 Å². The number of aryl methyl sites for hydroxylation is 1. The first-order valence-electron chi connectivity index (χ1n) is 5.87. The van der Waals surface area contributed by atoms with Crippen molar-refractivity contribution in [3.63, 3.8) is 0 Å². The highest BCUT2D eigenvalue weighted by atomic mass is 32.2. The first kappa shape index (κ1) is 14.0. The lowest BCUT2D eigenvalue weighted by Gasteiger charge is -2.16. The highest BCUT2D eigenvalue weighted by Gasteiger charge is 2.15. The van der Waals surface area contributed by atoms with E-state index in [2.05, 4.69) is 12.2 Å². The van der Waals surface area contributed by atoms with Crippen molar-refractivity contribution in [3.05, 3.63) is 18.0 Å². The third kappa shape index (κ3) is 3.70. The molecule has 96 valence electrons. The Hall–Kier alpha value is -1.10. The van der Waals surface area contributed by atoms with E-state index in [-0.39, 0.29) is 11.9 Å². The molecule has 17 heavy (non-hydrogen) atoms. The summed E-state index contributed by atoms with van der Waals surface area (Å²) in [5.41, 5.74) is 6.99. The molecule has 4 nitrogen and oxygen atoms in total. The minimum atomic E-state index is -0.0375. The zero-order valence-corrected chi connectivity index (χ0v) is 11.5. The molecule has 1 aromatic heterocycles. The Bertz CT molecular complexity index is 376. The number of amides is 1. The average molecular weight is 255 g/mol. The zero-order chi connectivity index (χ0) is 12.8. The second-order valence-electron chi connectivity index (χ2n) is 3.98. The van der Waals surface area contributed by atoms with Crippen LogP contribution in [0.4, 0.5) is 5.69 Å². The van der Waals surface area contributed by atoms with Gasteiger partial charge in [-0.1, -0.05) is 6.92 Å². The van der Waals surface area contributed by atoms with Crippen molar-refractivity contribution in [2.45, 2.75) is 32.9 Å². The van der Waals surface area contributed by atoms with Gasteiger partial charge in [-0.05, 0) is 25.7 Å². The molecule has 5 heteroatoms. The smallest absolute Gasteiger partial charge is 0.268 e. The van der Waals surface area contributed by atoms with E-state index in [1.165, 1.54) is 0 Å². The van der Waals surface area contributed by atoms with Crippen LogP contribution < -0.4 is 11.1 Å². The van der Waals surface area contributed by atoms with Gasteiger partial charge in [-0.3, -0.25) is 4.79 Å². The Morgan fingerprint density at radius 1 is 1.59 bits per heavy atom. The molecular formula is C12H21N3OS. The minimum Gasteiger partial charge on any atom is -0.397 e. The summed E-state index contributed by atoms with van der Waals surface area (Å²) in [6, 6.07) is 1.95. The molecule has 0 aromatic carbocycles. The predicted octanol–water partition coefficient (Wildman–Crippen LogP) is 1.96. The van der Waals surface area contributed by atoms with Gasteiger partial charge in [-0.2, -0.15) is 11.8 Å². The van der Waals surface area contributed by atoms with E-state index in [4.69, 9.17) is 5.73 Å². The molecule has 0 radical (unpaired) electrons. The van der Waals surface area contributed by atoms with Gasteiger partial charge in [0.1, 0.15) is 5.69 Å². The van der Waals surface area contributed by atoms with Crippen LogP contribution in [-0.2, 0) is 6.54 Å². The normalized spacial score (nSPS) is 12.4. The maximum absolute atomic E-state index is 12.1. The SMILES string of the molecule is CCC(CSC)NC(=O)c1cc(N)cn1CC. The van der Waals surface area contributed by atoms with Crippen molar-refractivity contribution in [1.82, 2.24) is 9.88 Å². The molecule has 1 atom stereocenters. The minimum absolute atomic E-state index is 0.0375. The molecular weight excluding hydrogens is 234 g/mol. The summed E-state index contributed by atoms with van der Waals surface area (Å²) in [6.45, 7) is 4.82. The molecule has 0 aliphatic carbocycles. The Labute approximate surface area is 107 Å². The lowest BCUT2D eigenvalue weighted by Crippen LogP contribution is -2.37. The van der Waals surface area contributed by atoms with E-state index >= 15 is 0 Å². The fourth-order valence-corrected chi connectivity index (χ4v) is 2.43. The van der Waals surface area contributed by atoms with E-state index in [1.807, 2.05) is 17.7 Å². The van der Waals surface area contributed by atoms with Gasteiger partial charge in [-0.25, -0.2) is 0 Å². The van der Waals surface area contributed by atoms with Crippen molar-refractivity contribution in [3.8, 4) is 0 Å². The van der Waals surface area contributed by atoms with Crippen LogP contribution in [0.1, 0.15) is 30.8 Å². The highest BCUT2D eigenvalue weighted by molar-refractivity contribution is 7.98. The Morgan fingerprint density at radius 3 is 2.82 bits per heavy atom. The molecule has 0 saturated carbocycles. The number of aromatic nitrogens is 1. The van der Waals surface area contributed by atoms with Gasteiger partial charge >= 0.3 is 0 Å². The molecule has 0 fully saturated rings. The Balaban J connectivity index is 2.74. The quantitative estimate of drug-likeness (QED) is 0.817. The summed E-state index contributed by atoms with van der Waals surface area (Å²) in [6.07, 6.45) is 4.78. The highest BCUT2D eigenvalue weighted by Crippen LogP contribution is 2.11. The molecule has 1 aromatic rings. The van der Waals surface area contributed by atoms with Gasteiger partial charge in [0.25, 0.3) is 5.91 Å². The summed E-state index contributed by atoms with van der Waals surface area (Å²) in [7, 11) is 0. The van der Waals surface area contributed by atoms with Crippen LogP contribution in [-0.4, -0.2) is 28.5 Å². The van der Waals surface area contributed by atoms with Crippen molar-refractivity contribution in [1.29, 1.82) is 0 Å². The Morgan fingerprint density at radius 2 is 2.29 bits per heavy atom. The van der Waals surface area contributed by atoms with Crippen molar-refractivity contribution >= 4 is 23.4 Å². The maximum atomic E-state index is 12.1. The Kier molecular flexibility index (Phi) is 5.41. The molecule has 0 bridgehead atoms. The van der Waals surface area contributed by atoms with Gasteiger partial charge in [0.05, 0.1) is 5.69 Å². The summed E-state index contributed by atoms with van der Waals surface area (Å²) in [5.74, 6) is 0.898. The number of hydrogen-bond donors (Lipinski definition) is 2. The number of carbonyl (C=O) groups excluding carboxylic acids is 1. The summed E-state index contributed by atoms with van der Waals surface area (Å²) in [4.78, 5) is 12.1. The van der Waals surface area contributed by atoms with Gasteiger partial charge in [0.2, 0.25) is 0 Å². The van der Waals surface area contributed by atoms with E-state index in [0.29, 0.717) is 11.4 Å². The maximum Gasteiger partial charge on any atom is 0.268 e. The van der Waals surface area contributed by atoms with Crippen molar-refractivity contribution < 1.29 is 4.79 Å².